The normalized spacial score (nSPS) is 10.3. The van der Waals surface area contributed by atoms with Crippen LogP contribution in [0.2, 0.25) is 0 Å². The van der Waals surface area contributed by atoms with Gasteiger partial charge in [0.1, 0.15) is 0 Å². The summed E-state index contributed by atoms with van der Waals surface area (Å²) in [6.07, 6.45) is 0. The fraction of sp³-hybridized carbons (Fsp3) is 0.200. The molecule has 4 N–H and O–H groups in total. The molecule has 0 atom stereocenters. The molecule has 18 heavy (non-hydrogen) atoms. The van der Waals surface area contributed by atoms with Crippen LogP contribution >= 0.6 is 0 Å². The van der Waals surface area contributed by atoms with E-state index < -0.39 is 0 Å². The van der Waals surface area contributed by atoms with Gasteiger partial charge in [-0.05, 0) is 36.2 Å². The van der Waals surface area contributed by atoms with Gasteiger partial charge in [-0.1, -0.05) is 24.3 Å². The van der Waals surface area contributed by atoms with Gasteiger partial charge >= 0.3 is 0 Å². The fourth-order valence-electron chi connectivity index (χ4n) is 1.93. The van der Waals surface area contributed by atoms with Crippen LogP contribution in [-0.4, -0.2) is 7.05 Å². The standard InChI is InChI=1S/C15H19N3/c1-11-5-3-4-6-12(11)10-18(2)13-7-8-14(16)15(17)9-13/h3-9H,10,16-17H2,1-2H3. The highest BCUT2D eigenvalue weighted by atomic mass is 15.1. The third-order valence-electron chi connectivity index (χ3n) is 3.18. The molecule has 2 rings (SSSR count). The zero-order chi connectivity index (χ0) is 13.1. The van der Waals surface area contributed by atoms with Crippen LogP contribution in [0.25, 0.3) is 0 Å². The highest BCUT2D eigenvalue weighted by Crippen LogP contribution is 2.23. The molecule has 3 nitrogen and oxygen atoms in total. The SMILES string of the molecule is Cc1ccccc1CN(C)c1ccc(N)c(N)c1. The summed E-state index contributed by atoms with van der Waals surface area (Å²) >= 11 is 0. The Balaban J connectivity index is 2.19. The van der Waals surface area contributed by atoms with Crippen molar-refractivity contribution in [1.82, 2.24) is 0 Å². The molecule has 0 bridgehead atoms. The molecule has 0 saturated heterocycles. The molecular weight excluding hydrogens is 222 g/mol. The van der Waals surface area contributed by atoms with Gasteiger partial charge in [0.15, 0.2) is 0 Å². The van der Waals surface area contributed by atoms with E-state index in [2.05, 4.69) is 43.1 Å². The van der Waals surface area contributed by atoms with E-state index in [1.807, 2.05) is 18.2 Å². The van der Waals surface area contributed by atoms with Crippen molar-refractivity contribution in [3.8, 4) is 0 Å². The number of nitrogens with zero attached hydrogens (tertiary/aromatic N) is 1. The van der Waals surface area contributed by atoms with Crippen molar-refractivity contribution in [2.75, 3.05) is 23.4 Å². The van der Waals surface area contributed by atoms with Gasteiger partial charge < -0.3 is 16.4 Å². The van der Waals surface area contributed by atoms with Crippen molar-refractivity contribution in [3.63, 3.8) is 0 Å². The summed E-state index contributed by atoms with van der Waals surface area (Å²) in [5, 5.41) is 0. The number of aryl methyl sites for hydroxylation is 1. The summed E-state index contributed by atoms with van der Waals surface area (Å²) in [5.74, 6) is 0. The fourth-order valence-corrected chi connectivity index (χ4v) is 1.93. The topological polar surface area (TPSA) is 55.3 Å². The lowest BCUT2D eigenvalue weighted by Crippen LogP contribution is -2.17. The maximum Gasteiger partial charge on any atom is 0.0568 e. The van der Waals surface area contributed by atoms with Gasteiger partial charge in [0.05, 0.1) is 11.4 Å². The Labute approximate surface area is 108 Å². The molecule has 0 saturated carbocycles. The minimum atomic E-state index is 0.628. The van der Waals surface area contributed by atoms with E-state index in [9.17, 15) is 0 Å². The van der Waals surface area contributed by atoms with Crippen molar-refractivity contribution in [2.24, 2.45) is 0 Å². The Bertz CT molecular complexity index is 549. The smallest absolute Gasteiger partial charge is 0.0568 e. The van der Waals surface area contributed by atoms with Crippen molar-refractivity contribution >= 4 is 17.1 Å². The summed E-state index contributed by atoms with van der Waals surface area (Å²) in [5.41, 5.74) is 16.5. The van der Waals surface area contributed by atoms with Crippen LogP contribution in [0.4, 0.5) is 17.1 Å². The number of hydrogen-bond donors (Lipinski definition) is 2. The van der Waals surface area contributed by atoms with Crippen molar-refractivity contribution < 1.29 is 0 Å². The zero-order valence-electron chi connectivity index (χ0n) is 10.9. The molecule has 0 aliphatic rings. The molecule has 0 fully saturated rings. The van der Waals surface area contributed by atoms with Gasteiger partial charge in [-0.25, -0.2) is 0 Å². The van der Waals surface area contributed by atoms with E-state index in [4.69, 9.17) is 11.5 Å². The second kappa shape index (κ2) is 5.00. The van der Waals surface area contributed by atoms with Gasteiger partial charge in [0.2, 0.25) is 0 Å². The first-order valence-electron chi connectivity index (χ1n) is 5.98. The first-order chi connectivity index (χ1) is 8.58. The van der Waals surface area contributed by atoms with Gasteiger partial charge in [0.25, 0.3) is 0 Å². The van der Waals surface area contributed by atoms with Gasteiger partial charge in [-0.15, -0.1) is 0 Å². The molecular formula is C15H19N3. The highest BCUT2D eigenvalue weighted by Gasteiger charge is 2.05. The zero-order valence-corrected chi connectivity index (χ0v) is 10.9. The Kier molecular flexibility index (Phi) is 3.42. The molecule has 0 unspecified atom stereocenters. The van der Waals surface area contributed by atoms with Crippen molar-refractivity contribution in [3.05, 3.63) is 53.6 Å². The minimum Gasteiger partial charge on any atom is -0.397 e. The molecule has 0 amide bonds. The Morgan fingerprint density at radius 1 is 1.00 bits per heavy atom. The number of benzene rings is 2. The number of anilines is 3. The minimum absolute atomic E-state index is 0.628. The second-order valence-corrected chi connectivity index (χ2v) is 4.60. The van der Waals surface area contributed by atoms with Gasteiger partial charge in [-0.2, -0.15) is 0 Å². The van der Waals surface area contributed by atoms with Crippen LogP contribution in [0.3, 0.4) is 0 Å². The molecule has 0 radical (unpaired) electrons. The number of nitrogens with two attached hydrogens (primary N) is 2. The predicted molar refractivity (Wildman–Crippen MR) is 78.6 cm³/mol. The molecule has 0 aliphatic heterocycles. The van der Waals surface area contributed by atoms with Crippen molar-refractivity contribution in [1.29, 1.82) is 0 Å². The summed E-state index contributed by atoms with van der Waals surface area (Å²) < 4.78 is 0. The van der Waals surface area contributed by atoms with E-state index in [-0.39, 0.29) is 0 Å². The van der Waals surface area contributed by atoms with E-state index in [0.29, 0.717) is 11.4 Å². The lowest BCUT2D eigenvalue weighted by Gasteiger charge is -2.21. The maximum absolute atomic E-state index is 5.83. The molecule has 2 aromatic carbocycles. The van der Waals surface area contributed by atoms with Crippen LogP contribution < -0.4 is 16.4 Å². The summed E-state index contributed by atoms with van der Waals surface area (Å²) in [7, 11) is 2.05. The van der Waals surface area contributed by atoms with Crippen LogP contribution in [0, 0.1) is 6.92 Å². The van der Waals surface area contributed by atoms with Gasteiger partial charge in [0, 0.05) is 19.3 Å². The summed E-state index contributed by atoms with van der Waals surface area (Å²) in [6.45, 7) is 2.98. The third-order valence-corrected chi connectivity index (χ3v) is 3.18. The second-order valence-electron chi connectivity index (χ2n) is 4.60. The van der Waals surface area contributed by atoms with Crippen LogP contribution in [-0.2, 0) is 6.54 Å². The Morgan fingerprint density at radius 2 is 1.72 bits per heavy atom. The van der Waals surface area contributed by atoms with Crippen LogP contribution in [0.5, 0.6) is 0 Å². The van der Waals surface area contributed by atoms with Crippen LogP contribution in [0.15, 0.2) is 42.5 Å². The quantitative estimate of drug-likeness (QED) is 0.812. The molecule has 94 valence electrons. The lowest BCUT2D eigenvalue weighted by molar-refractivity contribution is 0.915. The van der Waals surface area contributed by atoms with Crippen LogP contribution in [0.1, 0.15) is 11.1 Å². The lowest BCUT2D eigenvalue weighted by atomic mass is 10.1. The summed E-state index contributed by atoms with van der Waals surface area (Å²) in [6, 6.07) is 14.1. The van der Waals surface area contributed by atoms with Crippen molar-refractivity contribution in [2.45, 2.75) is 13.5 Å². The van der Waals surface area contributed by atoms with E-state index >= 15 is 0 Å². The Hall–Kier alpha value is -2.16. The number of rotatable bonds is 3. The van der Waals surface area contributed by atoms with E-state index in [0.717, 1.165) is 12.2 Å². The van der Waals surface area contributed by atoms with E-state index in [1.165, 1.54) is 11.1 Å². The highest BCUT2D eigenvalue weighted by molar-refractivity contribution is 5.69. The van der Waals surface area contributed by atoms with Gasteiger partial charge in [-0.3, -0.25) is 0 Å². The molecule has 0 heterocycles. The number of nitrogen functional groups attached to an aromatic ring is 2. The first-order valence-corrected chi connectivity index (χ1v) is 5.98. The Morgan fingerprint density at radius 3 is 2.39 bits per heavy atom. The monoisotopic (exact) mass is 241 g/mol. The average molecular weight is 241 g/mol. The van der Waals surface area contributed by atoms with E-state index in [1.54, 1.807) is 0 Å². The first kappa shape index (κ1) is 12.3. The molecule has 0 aliphatic carbocycles. The maximum atomic E-state index is 5.83. The predicted octanol–water partition coefficient (Wildman–Crippen LogP) is 2.80. The third kappa shape index (κ3) is 2.56. The largest absolute Gasteiger partial charge is 0.397 e. The molecule has 0 aromatic heterocycles. The molecule has 0 spiro atoms. The average Bonchev–Trinajstić information content (AvgIpc) is 2.35. The summed E-state index contributed by atoms with van der Waals surface area (Å²) in [4.78, 5) is 2.16. The molecule has 3 heteroatoms. The molecule has 2 aromatic rings. The number of hydrogen-bond acceptors (Lipinski definition) is 3.